The fourth-order valence-electron chi connectivity index (χ4n) is 2.62. The van der Waals surface area contributed by atoms with E-state index in [9.17, 15) is 9.18 Å². The van der Waals surface area contributed by atoms with Crippen LogP contribution < -0.4 is 10.1 Å². The molecule has 2 aromatic carbocycles. The minimum absolute atomic E-state index is 0.245. The summed E-state index contributed by atoms with van der Waals surface area (Å²) in [4.78, 5) is 10.1. The van der Waals surface area contributed by atoms with E-state index in [4.69, 9.17) is 9.84 Å². The van der Waals surface area contributed by atoms with Crippen LogP contribution in [0.25, 0.3) is 11.1 Å². The number of thiol groups is 1. The third-order valence-corrected chi connectivity index (χ3v) is 4.65. The van der Waals surface area contributed by atoms with Crippen LogP contribution in [0.1, 0.15) is 25.0 Å². The largest absolute Gasteiger partial charge is 0.497 e. The van der Waals surface area contributed by atoms with E-state index in [0.717, 1.165) is 18.4 Å². The van der Waals surface area contributed by atoms with Crippen molar-refractivity contribution in [2.75, 3.05) is 19.9 Å². The Balaban J connectivity index is 0.000000387. The molecular formula is C21H28FNO3S. The Hall–Kier alpha value is -2.05. The number of carbonyl (C=O) groups is 1. The Morgan fingerprint density at radius 2 is 1.85 bits per heavy atom. The first-order valence-corrected chi connectivity index (χ1v) is 9.51. The molecule has 0 unspecified atom stereocenters. The number of methoxy groups -OCH3 is 1. The number of likely N-dealkylation sites (N-methyl/N-ethyl adjacent to an activating group) is 1. The topological polar surface area (TPSA) is 58.6 Å². The molecular weight excluding hydrogens is 365 g/mol. The van der Waals surface area contributed by atoms with Gasteiger partial charge in [-0.1, -0.05) is 32.0 Å². The lowest BCUT2D eigenvalue weighted by Crippen LogP contribution is -2.35. The van der Waals surface area contributed by atoms with Crippen molar-refractivity contribution in [3.63, 3.8) is 0 Å². The van der Waals surface area contributed by atoms with E-state index < -0.39 is 12.0 Å². The number of hydrogen-bond acceptors (Lipinski definition) is 4. The molecule has 0 aliphatic heterocycles. The van der Waals surface area contributed by atoms with Gasteiger partial charge in [-0.05, 0) is 48.7 Å². The summed E-state index contributed by atoms with van der Waals surface area (Å²) >= 11 is 3.79. The summed E-state index contributed by atoms with van der Waals surface area (Å²) < 4.78 is 19.1. The van der Waals surface area contributed by atoms with Gasteiger partial charge >= 0.3 is 5.97 Å². The lowest BCUT2D eigenvalue weighted by Gasteiger charge is -2.10. The fraction of sp³-hybridized carbons (Fsp3) is 0.381. The molecule has 0 heterocycles. The number of halogens is 1. The Bertz CT molecular complexity index is 748. The number of hydrogen-bond donors (Lipinski definition) is 3. The van der Waals surface area contributed by atoms with Crippen molar-refractivity contribution < 1.29 is 19.0 Å². The Labute approximate surface area is 166 Å². The minimum Gasteiger partial charge on any atom is -0.497 e. The van der Waals surface area contributed by atoms with Crippen molar-refractivity contribution in [2.45, 2.75) is 32.7 Å². The van der Waals surface area contributed by atoms with Gasteiger partial charge < -0.3 is 15.2 Å². The molecule has 0 saturated carbocycles. The van der Waals surface area contributed by atoms with E-state index >= 15 is 0 Å². The second kappa shape index (κ2) is 11.6. The standard InChI is InChI=1S/C17H19FO.C4H9NO2S/c1-4-12-6-7-14(10-13(12)5-2)16-9-8-15(19-3)11-17(16)18;1-5-3(2-8)4(6)7/h6-11H,4-5H2,1-3H3;3,5,8H,2H2,1H3,(H,6,7)/t;3-/m.0/s1. The highest BCUT2D eigenvalue weighted by molar-refractivity contribution is 7.80. The number of aryl methyl sites for hydroxylation is 2. The summed E-state index contributed by atoms with van der Waals surface area (Å²) in [6, 6.07) is 10.6. The van der Waals surface area contributed by atoms with Crippen LogP contribution in [0.5, 0.6) is 5.75 Å². The summed E-state index contributed by atoms with van der Waals surface area (Å²) in [5.41, 5.74) is 4.17. The summed E-state index contributed by atoms with van der Waals surface area (Å²) in [6.45, 7) is 4.27. The molecule has 4 nitrogen and oxygen atoms in total. The molecule has 0 fully saturated rings. The normalized spacial score (nSPS) is 11.3. The Kier molecular flexibility index (Phi) is 9.89. The first-order chi connectivity index (χ1) is 12.9. The minimum atomic E-state index is -0.859. The van der Waals surface area contributed by atoms with Crippen molar-refractivity contribution in [3.8, 4) is 16.9 Å². The van der Waals surface area contributed by atoms with Crippen LogP contribution in [-0.2, 0) is 17.6 Å². The maximum Gasteiger partial charge on any atom is 0.321 e. The van der Waals surface area contributed by atoms with Gasteiger partial charge in [0.25, 0.3) is 0 Å². The molecule has 2 N–H and O–H groups in total. The summed E-state index contributed by atoms with van der Waals surface area (Å²) in [5, 5.41) is 10.8. The van der Waals surface area contributed by atoms with Crippen LogP contribution in [0.3, 0.4) is 0 Å². The number of ether oxygens (including phenoxy) is 1. The van der Waals surface area contributed by atoms with Gasteiger partial charge in [-0.3, -0.25) is 4.79 Å². The van der Waals surface area contributed by atoms with Gasteiger partial charge in [0, 0.05) is 17.4 Å². The molecule has 0 aromatic heterocycles. The van der Waals surface area contributed by atoms with Crippen LogP contribution in [0.4, 0.5) is 4.39 Å². The summed E-state index contributed by atoms with van der Waals surface area (Å²) in [5.74, 6) is -0.235. The van der Waals surface area contributed by atoms with Crippen LogP contribution in [0.15, 0.2) is 36.4 Å². The van der Waals surface area contributed by atoms with Gasteiger partial charge in [-0.25, -0.2) is 4.39 Å². The molecule has 2 aromatic rings. The van der Waals surface area contributed by atoms with Crippen LogP contribution in [0.2, 0.25) is 0 Å². The monoisotopic (exact) mass is 393 g/mol. The van der Waals surface area contributed by atoms with E-state index in [0.29, 0.717) is 17.1 Å². The van der Waals surface area contributed by atoms with E-state index in [1.165, 1.54) is 17.2 Å². The van der Waals surface area contributed by atoms with E-state index in [1.807, 2.05) is 6.07 Å². The summed E-state index contributed by atoms with van der Waals surface area (Å²) in [7, 11) is 3.13. The molecule has 0 spiro atoms. The SMILES string of the molecule is CCc1ccc(-c2ccc(OC)cc2F)cc1CC.CN[C@@H](CS)C(=O)O. The van der Waals surface area contributed by atoms with Crippen LogP contribution >= 0.6 is 12.6 Å². The number of nitrogens with one attached hydrogen (secondary N) is 1. The van der Waals surface area contributed by atoms with Crippen molar-refractivity contribution in [1.29, 1.82) is 0 Å². The first kappa shape index (κ1) is 23.0. The number of benzene rings is 2. The third kappa shape index (κ3) is 6.56. The second-order valence-electron chi connectivity index (χ2n) is 5.90. The molecule has 2 rings (SSSR count). The van der Waals surface area contributed by atoms with Gasteiger partial charge in [-0.15, -0.1) is 0 Å². The molecule has 0 aliphatic carbocycles. The highest BCUT2D eigenvalue weighted by Gasteiger charge is 2.10. The molecule has 1 atom stereocenters. The third-order valence-electron chi connectivity index (χ3n) is 4.28. The van der Waals surface area contributed by atoms with Crippen molar-refractivity contribution in [1.82, 2.24) is 5.32 Å². The van der Waals surface area contributed by atoms with Crippen molar-refractivity contribution >= 4 is 18.6 Å². The molecule has 0 radical (unpaired) electrons. The zero-order chi connectivity index (χ0) is 20.4. The quantitative estimate of drug-likeness (QED) is 0.617. The number of carboxylic acids is 1. The molecule has 0 amide bonds. The Morgan fingerprint density at radius 1 is 1.19 bits per heavy atom. The molecule has 6 heteroatoms. The van der Waals surface area contributed by atoms with E-state index in [-0.39, 0.29) is 5.82 Å². The molecule has 0 aliphatic rings. The van der Waals surface area contributed by atoms with Gasteiger partial charge in [0.1, 0.15) is 17.6 Å². The molecule has 0 bridgehead atoms. The predicted octanol–water partition coefficient (Wildman–Crippen LogP) is 4.21. The number of aliphatic carboxylic acids is 1. The maximum absolute atomic E-state index is 14.1. The summed E-state index contributed by atoms with van der Waals surface area (Å²) in [6.07, 6.45) is 1.98. The van der Waals surface area contributed by atoms with Crippen LogP contribution in [0, 0.1) is 5.82 Å². The van der Waals surface area contributed by atoms with Crippen molar-refractivity contribution in [2.24, 2.45) is 0 Å². The lowest BCUT2D eigenvalue weighted by atomic mass is 9.96. The smallest absolute Gasteiger partial charge is 0.321 e. The number of rotatable bonds is 7. The van der Waals surface area contributed by atoms with Crippen molar-refractivity contribution in [3.05, 3.63) is 53.3 Å². The maximum atomic E-state index is 14.1. The van der Waals surface area contributed by atoms with Gasteiger partial charge in [0.05, 0.1) is 7.11 Å². The van der Waals surface area contributed by atoms with Gasteiger partial charge in [0.15, 0.2) is 0 Å². The second-order valence-corrected chi connectivity index (χ2v) is 6.26. The highest BCUT2D eigenvalue weighted by atomic mass is 32.1. The van der Waals surface area contributed by atoms with E-state index in [2.05, 4.69) is 43.9 Å². The number of carboxylic acid groups (broad SMARTS) is 1. The fourth-order valence-corrected chi connectivity index (χ4v) is 2.96. The first-order valence-electron chi connectivity index (χ1n) is 8.88. The predicted molar refractivity (Wildman–Crippen MR) is 111 cm³/mol. The average Bonchev–Trinajstić information content (AvgIpc) is 2.68. The molecule has 27 heavy (non-hydrogen) atoms. The zero-order valence-electron chi connectivity index (χ0n) is 16.3. The zero-order valence-corrected chi connectivity index (χ0v) is 17.1. The average molecular weight is 394 g/mol. The van der Waals surface area contributed by atoms with Gasteiger partial charge in [0.2, 0.25) is 0 Å². The van der Waals surface area contributed by atoms with Crippen LogP contribution in [-0.4, -0.2) is 37.0 Å². The molecule has 148 valence electrons. The van der Waals surface area contributed by atoms with Gasteiger partial charge in [-0.2, -0.15) is 12.6 Å². The Morgan fingerprint density at radius 3 is 2.26 bits per heavy atom. The highest BCUT2D eigenvalue weighted by Crippen LogP contribution is 2.28. The molecule has 0 saturated heterocycles. The lowest BCUT2D eigenvalue weighted by molar-refractivity contribution is -0.138. The van der Waals surface area contributed by atoms with E-state index in [1.54, 1.807) is 26.3 Å².